The van der Waals surface area contributed by atoms with Crippen LogP contribution >= 0.6 is 0 Å². The van der Waals surface area contributed by atoms with Gasteiger partial charge >= 0.3 is 0 Å². The van der Waals surface area contributed by atoms with E-state index in [-0.39, 0.29) is 0 Å². The minimum atomic E-state index is 1.04. The summed E-state index contributed by atoms with van der Waals surface area (Å²) < 4.78 is 0. The summed E-state index contributed by atoms with van der Waals surface area (Å²) in [4.78, 5) is 0. The second-order valence-electron chi connectivity index (χ2n) is 7.50. The number of rotatable bonds is 0. The molecule has 2 fully saturated rings. The molecule has 0 aromatic rings. The average molecular weight is 431 g/mol. The van der Waals surface area contributed by atoms with Crippen LogP contribution in [-0.2, 0) is 0 Å². The van der Waals surface area contributed by atoms with Gasteiger partial charge in [-0.3, -0.25) is 0 Å². The maximum absolute atomic E-state index is 3.41. The predicted molar refractivity (Wildman–Crippen MR) is 129 cm³/mol. The number of nitrogens with one attached hydrogen (secondary N) is 10. The molecule has 0 aliphatic carbocycles. The van der Waals surface area contributed by atoms with Gasteiger partial charge in [0.15, 0.2) is 0 Å². The van der Waals surface area contributed by atoms with Crippen LogP contribution in [0.1, 0.15) is 0 Å². The van der Waals surface area contributed by atoms with E-state index in [1.54, 1.807) is 0 Å². The maximum atomic E-state index is 3.41. The van der Waals surface area contributed by atoms with E-state index in [4.69, 9.17) is 0 Å². The van der Waals surface area contributed by atoms with Crippen LogP contribution in [0.4, 0.5) is 0 Å². The van der Waals surface area contributed by atoms with Crippen molar-refractivity contribution < 1.29 is 0 Å². The Balaban J connectivity index is 0.000000325. The molecule has 2 aliphatic heterocycles. The highest BCUT2D eigenvalue weighted by Crippen LogP contribution is 1.67. The lowest BCUT2D eigenvalue weighted by Crippen LogP contribution is -2.39. The molecule has 0 amide bonds. The Morgan fingerprint density at radius 3 is 0.267 bits per heavy atom. The molecule has 0 aromatic carbocycles. The van der Waals surface area contributed by atoms with E-state index in [1.165, 1.54) is 0 Å². The van der Waals surface area contributed by atoms with Gasteiger partial charge < -0.3 is 53.2 Å². The standard InChI is InChI=1S/C12H30N6.C8H20N4/c1-2-14-5-6-16-9-10-18-12-11-17-8-7-15-4-3-13-1;1-2-10-5-6-12-8-7-11-4-3-9-1/h13-18H,1-12H2;9-12H,1-8H2. The van der Waals surface area contributed by atoms with E-state index in [1.807, 2.05) is 0 Å². The van der Waals surface area contributed by atoms with E-state index >= 15 is 0 Å². The molecule has 0 radical (unpaired) electrons. The first-order valence-electron chi connectivity index (χ1n) is 12.1. The van der Waals surface area contributed by atoms with Crippen LogP contribution in [0.15, 0.2) is 0 Å². The van der Waals surface area contributed by atoms with Crippen LogP contribution in [0.2, 0.25) is 0 Å². The van der Waals surface area contributed by atoms with E-state index < -0.39 is 0 Å². The molecular formula is C20H50N10. The van der Waals surface area contributed by atoms with Crippen molar-refractivity contribution >= 4 is 0 Å². The van der Waals surface area contributed by atoms with Crippen LogP contribution in [0, 0.1) is 0 Å². The summed E-state index contributed by atoms with van der Waals surface area (Å²) in [5.41, 5.74) is 0. The molecular weight excluding hydrogens is 380 g/mol. The summed E-state index contributed by atoms with van der Waals surface area (Å²) in [7, 11) is 0. The molecule has 30 heavy (non-hydrogen) atoms. The lowest BCUT2D eigenvalue weighted by molar-refractivity contribution is 0.534. The molecule has 0 aromatic heterocycles. The lowest BCUT2D eigenvalue weighted by atomic mass is 10.4. The second kappa shape index (κ2) is 24.9. The highest BCUT2D eigenvalue weighted by Gasteiger charge is 1.93. The van der Waals surface area contributed by atoms with E-state index in [2.05, 4.69) is 53.2 Å². The zero-order valence-corrected chi connectivity index (χ0v) is 19.1. The van der Waals surface area contributed by atoms with Gasteiger partial charge in [-0.1, -0.05) is 0 Å². The van der Waals surface area contributed by atoms with Crippen molar-refractivity contribution in [1.82, 2.24) is 53.2 Å². The van der Waals surface area contributed by atoms with Crippen LogP contribution in [0.25, 0.3) is 0 Å². The Morgan fingerprint density at radius 2 is 0.200 bits per heavy atom. The first kappa shape index (κ1) is 27.6. The number of hydrogen-bond acceptors (Lipinski definition) is 10. The Bertz CT molecular complexity index is 204. The fraction of sp³-hybridized carbons (Fsp3) is 1.00. The van der Waals surface area contributed by atoms with Crippen molar-refractivity contribution in [2.24, 2.45) is 0 Å². The Labute approximate surface area is 184 Å². The summed E-state index contributed by atoms with van der Waals surface area (Å²) in [6, 6.07) is 0. The van der Waals surface area contributed by atoms with Gasteiger partial charge in [0.1, 0.15) is 0 Å². The summed E-state index contributed by atoms with van der Waals surface area (Å²) in [6.45, 7) is 21.1. The summed E-state index contributed by atoms with van der Waals surface area (Å²) in [5.74, 6) is 0. The van der Waals surface area contributed by atoms with Gasteiger partial charge in [0.05, 0.1) is 0 Å². The normalized spacial score (nSPS) is 24.0. The van der Waals surface area contributed by atoms with Crippen molar-refractivity contribution in [3.63, 3.8) is 0 Å². The third kappa shape index (κ3) is 22.3. The topological polar surface area (TPSA) is 120 Å². The first-order chi connectivity index (χ1) is 15.0. The molecule has 180 valence electrons. The fourth-order valence-electron chi connectivity index (χ4n) is 3.02. The Kier molecular flexibility index (Phi) is 22.9. The van der Waals surface area contributed by atoms with Gasteiger partial charge in [0.2, 0.25) is 0 Å². The molecule has 10 heteroatoms. The third-order valence-electron chi connectivity index (χ3n) is 4.79. The Morgan fingerprint density at radius 1 is 0.133 bits per heavy atom. The quantitative estimate of drug-likeness (QED) is 0.186. The monoisotopic (exact) mass is 430 g/mol. The minimum Gasteiger partial charge on any atom is -0.314 e. The van der Waals surface area contributed by atoms with Gasteiger partial charge in [-0.15, -0.1) is 0 Å². The SMILES string of the molecule is C1CNCCNCCNCCN1.C1CNCCNCCNCCNCCNCCN1. The third-order valence-corrected chi connectivity index (χ3v) is 4.79. The molecule has 2 heterocycles. The van der Waals surface area contributed by atoms with Crippen LogP contribution < -0.4 is 53.2 Å². The highest BCUT2D eigenvalue weighted by molar-refractivity contribution is 4.61. The molecule has 2 aliphatic rings. The van der Waals surface area contributed by atoms with Crippen molar-refractivity contribution in [2.75, 3.05) is 131 Å². The minimum absolute atomic E-state index is 1.04. The zero-order chi connectivity index (χ0) is 21.2. The van der Waals surface area contributed by atoms with Gasteiger partial charge in [-0.05, 0) is 0 Å². The van der Waals surface area contributed by atoms with E-state index in [9.17, 15) is 0 Å². The second-order valence-corrected chi connectivity index (χ2v) is 7.50. The zero-order valence-electron chi connectivity index (χ0n) is 19.1. The van der Waals surface area contributed by atoms with Gasteiger partial charge in [0.25, 0.3) is 0 Å². The molecule has 10 nitrogen and oxygen atoms in total. The predicted octanol–water partition coefficient (Wildman–Crippen LogP) is -4.10. The maximum Gasteiger partial charge on any atom is 0.00772 e. The molecule has 0 bridgehead atoms. The fourth-order valence-corrected chi connectivity index (χ4v) is 3.02. The molecule has 0 atom stereocenters. The molecule has 10 N–H and O–H groups in total. The van der Waals surface area contributed by atoms with Crippen molar-refractivity contribution in [3.05, 3.63) is 0 Å². The molecule has 0 unspecified atom stereocenters. The van der Waals surface area contributed by atoms with Crippen LogP contribution in [-0.4, -0.2) is 131 Å². The van der Waals surface area contributed by atoms with Crippen LogP contribution in [0.3, 0.4) is 0 Å². The summed E-state index contributed by atoms with van der Waals surface area (Å²) >= 11 is 0. The van der Waals surface area contributed by atoms with Crippen molar-refractivity contribution in [1.29, 1.82) is 0 Å². The highest BCUT2D eigenvalue weighted by atomic mass is 15.0. The smallest absolute Gasteiger partial charge is 0.00772 e. The molecule has 2 saturated heterocycles. The van der Waals surface area contributed by atoms with Gasteiger partial charge in [-0.25, -0.2) is 0 Å². The van der Waals surface area contributed by atoms with Crippen molar-refractivity contribution in [2.45, 2.75) is 0 Å². The summed E-state index contributed by atoms with van der Waals surface area (Å²) in [6.07, 6.45) is 0. The molecule has 2 rings (SSSR count). The van der Waals surface area contributed by atoms with E-state index in [0.29, 0.717) is 0 Å². The molecule has 0 saturated carbocycles. The molecule has 0 spiro atoms. The van der Waals surface area contributed by atoms with Gasteiger partial charge in [0, 0.05) is 131 Å². The Hall–Kier alpha value is -0.400. The van der Waals surface area contributed by atoms with Gasteiger partial charge in [-0.2, -0.15) is 0 Å². The summed E-state index contributed by atoms with van der Waals surface area (Å²) in [5, 5.41) is 33.9. The first-order valence-corrected chi connectivity index (χ1v) is 12.1. The van der Waals surface area contributed by atoms with E-state index in [0.717, 1.165) is 131 Å². The van der Waals surface area contributed by atoms with Crippen molar-refractivity contribution in [3.8, 4) is 0 Å². The number of hydrogen-bond donors (Lipinski definition) is 10. The van der Waals surface area contributed by atoms with Crippen LogP contribution in [0.5, 0.6) is 0 Å². The lowest BCUT2D eigenvalue weighted by Gasteiger charge is -2.11. The largest absolute Gasteiger partial charge is 0.314 e. The average Bonchev–Trinajstić information content (AvgIpc) is 2.75.